The molecule has 2 aromatic heterocycles. The maximum absolute atomic E-state index is 14.5. The molecule has 0 unspecified atom stereocenters. The van der Waals surface area contributed by atoms with E-state index in [1.807, 2.05) is 13.8 Å². The standard InChI is InChI=1S/C24H16F4N2O2/c1-13(2)10-20-29-22(24(32-20)16-8-7-15(25)11-19(16)28)14-6-9-21(31)30(12-14)23-17(26)4-3-5-18(23)27/h3-12H,1-2H3. The van der Waals surface area contributed by atoms with Gasteiger partial charge in [0.15, 0.2) is 5.76 Å². The van der Waals surface area contributed by atoms with E-state index in [0.29, 0.717) is 6.07 Å². The normalized spacial score (nSPS) is 10.9. The van der Waals surface area contributed by atoms with Crippen molar-refractivity contribution in [2.75, 3.05) is 0 Å². The maximum Gasteiger partial charge on any atom is 0.255 e. The van der Waals surface area contributed by atoms with Crippen LogP contribution in [0.1, 0.15) is 19.7 Å². The van der Waals surface area contributed by atoms with Gasteiger partial charge in [-0.2, -0.15) is 0 Å². The average molecular weight is 440 g/mol. The van der Waals surface area contributed by atoms with Crippen LogP contribution in [0, 0.1) is 23.3 Å². The molecule has 4 aromatic rings. The minimum atomic E-state index is -0.931. The molecule has 0 saturated carbocycles. The molecule has 0 radical (unpaired) electrons. The second-order valence-corrected chi connectivity index (χ2v) is 7.27. The third kappa shape index (κ3) is 3.99. The summed E-state index contributed by atoms with van der Waals surface area (Å²) in [6, 6.07) is 8.71. The van der Waals surface area contributed by atoms with Crippen LogP contribution in [0.15, 0.2) is 69.5 Å². The first-order valence-electron chi connectivity index (χ1n) is 9.53. The number of hydrogen-bond donors (Lipinski definition) is 0. The molecule has 0 amide bonds. The largest absolute Gasteiger partial charge is 0.436 e. The van der Waals surface area contributed by atoms with Crippen LogP contribution in [-0.2, 0) is 0 Å². The lowest BCUT2D eigenvalue weighted by Gasteiger charge is -2.10. The lowest BCUT2D eigenvalue weighted by atomic mass is 10.1. The molecular weight excluding hydrogens is 424 g/mol. The second kappa shape index (κ2) is 8.30. The Morgan fingerprint density at radius 3 is 2.34 bits per heavy atom. The lowest BCUT2D eigenvalue weighted by Crippen LogP contribution is -2.19. The first-order valence-corrected chi connectivity index (χ1v) is 9.53. The third-order valence-corrected chi connectivity index (χ3v) is 4.59. The Morgan fingerprint density at radius 2 is 1.69 bits per heavy atom. The Hall–Kier alpha value is -3.94. The predicted octanol–water partition coefficient (Wildman–Crippen LogP) is 6.14. The van der Waals surface area contributed by atoms with Crippen LogP contribution in [0.25, 0.3) is 34.3 Å². The summed E-state index contributed by atoms with van der Waals surface area (Å²) in [7, 11) is 0. The monoisotopic (exact) mass is 440 g/mol. The topological polar surface area (TPSA) is 48.0 Å². The van der Waals surface area contributed by atoms with Crippen molar-refractivity contribution < 1.29 is 22.0 Å². The van der Waals surface area contributed by atoms with E-state index in [1.54, 1.807) is 6.08 Å². The summed E-state index contributed by atoms with van der Waals surface area (Å²) in [6.07, 6.45) is 2.81. The molecule has 0 fully saturated rings. The van der Waals surface area contributed by atoms with Crippen molar-refractivity contribution in [3.63, 3.8) is 0 Å². The number of allylic oxidation sites excluding steroid dienone is 1. The highest BCUT2D eigenvalue weighted by Gasteiger charge is 2.21. The predicted molar refractivity (Wildman–Crippen MR) is 112 cm³/mol. The van der Waals surface area contributed by atoms with Gasteiger partial charge in [0, 0.05) is 23.9 Å². The number of rotatable bonds is 4. The lowest BCUT2D eigenvalue weighted by molar-refractivity contribution is 0.546. The fraction of sp³-hybridized carbons (Fsp3) is 0.0833. The Kier molecular flexibility index (Phi) is 5.52. The van der Waals surface area contributed by atoms with Crippen molar-refractivity contribution in [2.45, 2.75) is 13.8 Å². The van der Waals surface area contributed by atoms with E-state index in [4.69, 9.17) is 4.42 Å². The SMILES string of the molecule is CC(C)=Cc1nc(-c2ccc(=O)n(-c3c(F)cccc3F)c2)c(-c2ccc(F)cc2F)o1. The van der Waals surface area contributed by atoms with Crippen LogP contribution >= 0.6 is 0 Å². The molecule has 4 rings (SSSR count). The molecule has 8 heteroatoms. The molecule has 0 aliphatic rings. The summed E-state index contributed by atoms with van der Waals surface area (Å²) in [5, 5.41) is 0. The molecule has 162 valence electrons. The van der Waals surface area contributed by atoms with E-state index < -0.39 is 34.5 Å². The summed E-state index contributed by atoms with van der Waals surface area (Å²) in [5.41, 5.74) is -0.0850. The van der Waals surface area contributed by atoms with Crippen LogP contribution in [-0.4, -0.2) is 9.55 Å². The molecular formula is C24H16F4N2O2. The summed E-state index contributed by atoms with van der Waals surface area (Å²) < 4.78 is 63.1. The zero-order chi connectivity index (χ0) is 23.0. The number of oxazole rings is 1. The van der Waals surface area contributed by atoms with Gasteiger partial charge in [-0.3, -0.25) is 9.36 Å². The van der Waals surface area contributed by atoms with Crippen LogP contribution in [0.5, 0.6) is 0 Å². The molecule has 0 aliphatic heterocycles. The van der Waals surface area contributed by atoms with Crippen molar-refractivity contribution in [1.29, 1.82) is 0 Å². The van der Waals surface area contributed by atoms with Crippen LogP contribution in [0.3, 0.4) is 0 Å². The first-order chi connectivity index (χ1) is 15.2. The van der Waals surface area contributed by atoms with E-state index in [-0.39, 0.29) is 28.5 Å². The molecule has 0 N–H and O–H groups in total. The smallest absolute Gasteiger partial charge is 0.255 e. The molecule has 32 heavy (non-hydrogen) atoms. The zero-order valence-corrected chi connectivity index (χ0v) is 17.0. The number of pyridine rings is 1. The van der Waals surface area contributed by atoms with E-state index in [9.17, 15) is 22.4 Å². The fourth-order valence-electron chi connectivity index (χ4n) is 3.22. The Balaban J connectivity index is 1.97. The summed E-state index contributed by atoms with van der Waals surface area (Å²) >= 11 is 0. The van der Waals surface area contributed by atoms with Crippen LogP contribution in [0.4, 0.5) is 17.6 Å². The van der Waals surface area contributed by atoms with Crippen LogP contribution in [0.2, 0.25) is 0 Å². The number of halogens is 4. The molecule has 0 aliphatic carbocycles. The van der Waals surface area contributed by atoms with E-state index in [0.717, 1.165) is 34.4 Å². The van der Waals surface area contributed by atoms with Gasteiger partial charge in [0.05, 0.1) is 5.56 Å². The fourth-order valence-corrected chi connectivity index (χ4v) is 3.22. The molecule has 4 nitrogen and oxygen atoms in total. The molecule has 2 heterocycles. The van der Waals surface area contributed by atoms with Crippen molar-refractivity contribution >= 4 is 6.08 Å². The van der Waals surface area contributed by atoms with Crippen molar-refractivity contribution in [2.24, 2.45) is 0 Å². The summed E-state index contributed by atoms with van der Waals surface area (Å²) in [4.78, 5) is 16.7. The van der Waals surface area contributed by atoms with Crippen molar-refractivity contribution in [1.82, 2.24) is 9.55 Å². The number of hydrogen-bond acceptors (Lipinski definition) is 3. The van der Waals surface area contributed by atoms with Gasteiger partial charge < -0.3 is 4.42 Å². The van der Waals surface area contributed by atoms with Gasteiger partial charge in [-0.05, 0) is 50.3 Å². The third-order valence-electron chi connectivity index (χ3n) is 4.59. The van der Waals surface area contributed by atoms with Gasteiger partial charge in [0.2, 0.25) is 5.89 Å². The highest BCUT2D eigenvalue weighted by Crippen LogP contribution is 2.35. The quantitative estimate of drug-likeness (QED) is 0.358. The highest BCUT2D eigenvalue weighted by molar-refractivity contribution is 5.78. The molecule has 0 atom stereocenters. The van der Waals surface area contributed by atoms with Crippen LogP contribution < -0.4 is 5.56 Å². The first kappa shape index (κ1) is 21.3. The van der Waals surface area contributed by atoms with E-state index in [2.05, 4.69) is 4.98 Å². The minimum absolute atomic E-state index is 0.0193. The van der Waals surface area contributed by atoms with Gasteiger partial charge in [-0.25, -0.2) is 22.5 Å². The molecule has 0 saturated heterocycles. The Morgan fingerprint density at radius 1 is 0.969 bits per heavy atom. The summed E-state index contributed by atoms with van der Waals surface area (Å²) in [6.45, 7) is 3.62. The number of benzene rings is 2. The van der Waals surface area contributed by atoms with E-state index in [1.165, 1.54) is 24.4 Å². The average Bonchev–Trinajstić information content (AvgIpc) is 3.12. The van der Waals surface area contributed by atoms with Gasteiger partial charge >= 0.3 is 0 Å². The van der Waals surface area contributed by atoms with Gasteiger partial charge in [-0.15, -0.1) is 0 Å². The number of nitrogens with zero attached hydrogens (tertiary/aromatic N) is 2. The Labute approximate surface area is 180 Å². The number of para-hydroxylation sites is 1. The van der Waals surface area contributed by atoms with Crippen molar-refractivity contribution in [3.8, 4) is 28.3 Å². The van der Waals surface area contributed by atoms with Gasteiger partial charge in [-0.1, -0.05) is 11.6 Å². The van der Waals surface area contributed by atoms with Gasteiger partial charge in [0.25, 0.3) is 5.56 Å². The second-order valence-electron chi connectivity index (χ2n) is 7.27. The Bertz CT molecular complexity index is 1400. The maximum atomic E-state index is 14.5. The summed E-state index contributed by atoms with van der Waals surface area (Å²) in [5.74, 6) is -3.37. The van der Waals surface area contributed by atoms with E-state index >= 15 is 0 Å². The number of aromatic nitrogens is 2. The molecule has 0 bridgehead atoms. The minimum Gasteiger partial charge on any atom is -0.436 e. The van der Waals surface area contributed by atoms with Crippen molar-refractivity contribution in [3.05, 3.63) is 99.8 Å². The molecule has 0 spiro atoms. The zero-order valence-electron chi connectivity index (χ0n) is 17.0. The van der Waals surface area contributed by atoms with Gasteiger partial charge in [0.1, 0.15) is 34.7 Å². The highest BCUT2D eigenvalue weighted by atomic mass is 19.1. The molecule has 2 aromatic carbocycles.